The molecule has 3 aromatic rings. The minimum atomic E-state index is 0.686. The van der Waals surface area contributed by atoms with Gasteiger partial charge in [0.25, 0.3) is 0 Å². The van der Waals surface area contributed by atoms with Crippen LogP contribution in [0, 0.1) is 0 Å². The number of rotatable bonds is 14. The van der Waals surface area contributed by atoms with Crippen molar-refractivity contribution >= 4 is 47.8 Å². The molecule has 0 fully saturated rings. The maximum absolute atomic E-state index is 6.62. The van der Waals surface area contributed by atoms with Crippen molar-refractivity contribution in [2.75, 3.05) is 0 Å². The highest BCUT2D eigenvalue weighted by molar-refractivity contribution is 6.73. The second-order valence-corrected chi connectivity index (χ2v) is 9.89. The normalized spacial score (nSPS) is 11.7. The number of aromatic amines is 1. The van der Waals surface area contributed by atoms with E-state index in [1.165, 1.54) is 62.8 Å². The molecule has 0 bridgehead atoms. The van der Waals surface area contributed by atoms with Crippen molar-refractivity contribution in [3.8, 4) is 0 Å². The molecule has 0 unspecified atom stereocenters. The monoisotopic (exact) mass is 494 g/mol. The Labute approximate surface area is 216 Å². The number of aryl methyl sites for hydroxylation is 2. The average Bonchev–Trinajstić information content (AvgIpc) is 3.22. The smallest absolute Gasteiger partial charge is 0.238 e. The molecule has 0 spiro atoms. The second-order valence-electron chi connectivity index (χ2n) is 9.08. The first-order valence-electron chi connectivity index (χ1n) is 12.9. The highest BCUT2D eigenvalue weighted by Gasteiger charge is 2.16. The van der Waals surface area contributed by atoms with Crippen LogP contribution in [0.3, 0.4) is 0 Å². The number of hydrogen-bond acceptors (Lipinski definition) is 1. The first-order chi connectivity index (χ1) is 16.6. The molecule has 0 saturated heterocycles. The number of unbranched alkanes of at least 4 members (excludes halogenated alkanes) is 6. The summed E-state index contributed by atoms with van der Waals surface area (Å²) in [5, 5.41) is 1.48. The van der Waals surface area contributed by atoms with Gasteiger partial charge in [-0.25, -0.2) is 4.98 Å². The predicted octanol–water partition coefficient (Wildman–Crippen LogP) is 8.22. The van der Waals surface area contributed by atoms with Crippen LogP contribution in [0.5, 0.6) is 0 Å². The molecule has 0 atom stereocenters. The Morgan fingerprint density at radius 1 is 0.824 bits per heavy atom. The van der Waals surface area contributed by atoms with E-state index >= 15 is 0 Å². The molecule has 3 rings (SSSR count). The number of H-pyrrole nitrogens is 1. The summed E-state index contributed by atoms with van der Waals surface area (Å²) < 4.78 is 0. The van der Waals surface area contributed by atoms with Crippen molar-refractivity contribution in [1.82, 2.24) is 9.97 Å². The zero-order chi connectivity index (χ0) is 24.2. The van der Waals surface area contributed by atoms with Crippen molar-refractivity contribution in [1.29, 1.82) is 0 Å². The highest BCUT2D eigenvalue weighted by Crippen LogP contribution is 2.27. The topological polar surface area (TPSA) is 28.7 Å². The number of benzene rings is 2. The molecule has 1 N–H and O–H groups in total. The maximum Gasteiger partial charge on any atom is 0.238 e. The van der Waals surface area contributed by atoms with Crippen LogP contribution in [0.15, 0.2) is 48.5 Å². The lowest BCUT2D eigenvalue weighted by Crippen LogP contribution is -2.20. The average molecular weight is 495 g/mol. The molecule has 0 radical (unpaired) electrons. The van der Waals surface area contributed by atoms with Gasteiger partial charge in [0.1, 0.15) is 0 Å². The minimum absolute atomic E-state index is 0.686. The van der Waals surface area contributed by atoms with Crippen LogP contribution in [0.2, 0.25) is 10.0 Å². The largest absolute Gasteiger partial charge is 0.354 e. The van der Waals surface area contributed by atoms with Crippen molar-refractivity contribution in [3.63, 3.8) is 0 Å². The lowest BCUT2D eigenvalue weighted by atomic mass is 9.65. The first-order valence-corrected chi connectivity index (χ1v) is 13.6. The van der Waals surface area contributed by atoms with E-state index in [9.17, 15) is 0 Å². The Morgan fingerprint density at radius 3 is 2.15 bits per heavy atom. The quantitative estimate of drug-likeness (QED) is 0.136. The molecule has 0 saturated carbocycles. The fraction of sp³-hybridized carbons (Fsp3) is 0.414. The summed E-state index contributed by atoms with van der Waals surface area (Å²) in [4.78, 5) is 8.78. The molecule has 0 amide bonds. The van der Waals surface area contributed by atoms with Crippen LogP contribution in [0.1, 0.15) is 87.7 Å². The van der Waals surface area contributed by atoms with Gasteiger partial charge in [-0.1, -0.05) is 124 Å². The van der Waals surface area contributed by atoms with Crippen LogP contribution in [0.4, 0.5) is 0 Å². The maximum atomic E-state index is 6.62. The Hall–Kier alpha value is -1.97. The number of aromatic nitrogens is 2. The van der Waals surface area contributed by atoms with Gasteiger partial charge in [0.05, 0.1) is 11.4 Å². The molecule has 2 nitrogen and oxygen atoms in total. The second kappa shape index (κ2) is 14.4. The van der Waals surface area contributed by atoms with Crippen LogP contribution in [-0.4, -0.2) is 17.2 Å². The molecule has 1 heterocycles. The zero-order valence-corrected chi connectivity index (χ0v) is 22.2. The van der Waals surface area contributed by atoms with Crippen molar-refractivity contribution in [3.05, 3.63) is 81.1 Å². The lowest BCUT2D eigenvalue weighted by molar-refractivity contribution is 0.643. The summed E-state index contributed by atoms with van der Waals surface area (Å²) in [6, 6.07) is 15.9. The van der Waals surface area contributed by atoms with E-state index in [4.69, 9.17) is 28.2 Å². The van der Waals surface area contributed by atoms with Crippen molar-refractivity contribution in [2.45, 2.75) is 78.1 Å². The van der Waals surface area contributed by atoms with Gasteiger partial charge in [-0.05, 0) is 48.9 Å². The Bertz CT molecular complexity index is 1030. The van der Waals surface area contributed by atoms with E-state index in [1.807, 2.05) is 42.5 Å². The summed E-state index contributed by atoms with van der Waals surface area (Å²) >= 11 is 13.1. The summed E-state index contributed by atoms with van der Waals surface area (Å²) in [6.07, 6.45) is 14.3. The molecule has 0 aliphatic heterocycles. The molecule has 0 aliphatic carbocycles. The molecular formula is C29H37BCl2N2. The number of nitrogens with zero attached hydrogens (tertiary/aromatic N) is 1. The number of halogens is 2. The van der Waals surface area contributed by atoms with Crippen LogP contribution < -0.4 is 5.72 Å². The van der Waals surface area contributed by atoms with Crippen molar-refractivity contribution in [2.24, 2.45) is 0 Å². The van der Waals surface area contributed by atoms with E-state index in [1.54, 1.807) is 0 Å². The molecule has 5 heteroatoms. The summed E-state index contributed by atoms with van der Waals surface area (Å²) in [5.41, 5.74) is 6.70. The fourth-order valence-corrected chi connectivity index (χ4v) is 4.80. The molecular weight excluding hydrogens is 458 g/mol. The van der Waals surface area contributed by atoms with Crippen LogP contribution in [0.25, 0.3) is 11.5 Å². The molecule has 1 aromatic heterocycles. The number of hydrogen-bond donors (Lipinski definition) is 1. The molecule has 34 heavy (non-hydrogen) atoms. The fourth-order valence-electron chi connectivity index (χ4n) is 4.36. The predicted molar refractivity (Wildman–Crippen MR) is 152 cm³/mol. The van der Waals surface area contributed by atoms with Gasteiger partial charge < -0.3 is 4.98 Å². The highest BCUT2D eigenvalue weighted by atomic mass is 35.5. The third kappa shape index (κ3) is 8.06. The summed E-state index contributed by atoms with van der Waals surface area (Å²) in [7, 11) is 0.686. The van der Waals surface area contributed by atoms with Gasteiger partial charge in [-0.15, -0.1) is 0 Å². The first kappa shape index (κ1) is 26.6. The van der Waals surface area contributed by atoms with Gasteiger partial charge in [0.15, 0.2) is 0 Å². The van der Waals surface area contributed by atoms with Gasteiger partial charge in [-0.3, -0.25) is 0 Å². The number of imidazole rings is 1. The van der Waals surface area contributed by atoms with E-state index in [2.05, 4.69) is 31.0 Å². The van der Waals surface area contributed by atoms with E-state index in [-0.39, 0.29) is 0 Å². The van der Waals surface area contributed by atoms with E-state index < -0.39 is 0 Å². The SMILES string of the molecule is CCCCCCc1nc(BC(=Cc2ccccc2Cl)c2ccccc2Cl)[nH]c1CCCCCC. The Morgan fingerprint density at radius 2 is 1.47 bits per heavy atom. The summed E-state index contributed by atoms with van der Waals surface area (Å²) in [5.74, 6) is 0. The van der Waals surface area contributed by atoms with E-state index in [0.29, 0.717) is 7.28 Å². The van der Waals surface area contributed by atoms with Gasteiger partial charge >= 0.3 is 0 Å². The van der Waals surface area contributed by atoms with Gasteiger partial charge in [0, 0.05) is 15.7 Å². The Balaban J connectivity index is 1.89. The van der Waals surface area contributed by atoms with Crippen molar-refractivity contribution < 1.29 is 0 Å². The standard InChI is InChI=1S/C29H37BCl2N2/c1-3-5-7-9-19-27-28(20-10-8-6-4-2)34-29(33-27)30-24(23-16-12-14-18-26(23)32)21-22-15-11-13-17-25(22)31/h11-18,21,30H,3-10,19-20H2,1-2H3,(H,33,34). The summed E-state index contributed by atoms with van der Waals surface area (Å²) in [6.45, 7) is 4.52. The zero-order valence-electron chi connectivity index (χ0n) is 20.7. The lowest BCUT2D eigenvalue weighted by Gasteiger charge is -2.09. The minimum Gasteiger partial charge on any atom is -0.354 e. The molecule has 2 aromatic carbocycles. The third-order valence-corrected chi connectivity index (χ3v) is 6.95. The van der Waals surface area contributed by atoms with Gasteiger partial charge in [0.2, 0.25) is 7.28 Å². The molecule has 180 valence electrons. The third-order valence-electron chi connectivity index (χ3n) is 6.27. The van der Waals surface area contributed by atoms with E-state index in [0.717, 1.165) is 45.2 Å². The Kier molecular flexibility index (Phi) is 11.3. The number of nitrogens with one attached hydrogen (secondary N) is 1. The van der Waals surface area contributed by atoms with Crippen LogP contribution >= 0.6 is 23.2 Å². The van der Waals surface area contributed by atoms with Crippen LogP contribution in [-0.2, 0) is 12.8 Å². The molecule has 0 aliphatic rings. The van der Waals surface area contributed by atoms with Gasteiger partial charge in [-0.2, -0.15) is 0 Å².